The van der Waals surface area contributed by atoms with Gasteiger partial charge in [-0.25, -0.2) is 0 Å². The number of rotatable bonds is 9. The van der Waals surface area contributed by atoms with E-state index in [2.05, 4.69) is 20.6 Å². The normalized spacial score (nSPS) is 13.1. The monoisotopic (exact) mass is 447 g/mol. The summed E-state index contributed by atoms with van der Waals surface area (Å²) in [6.45, 7) is 2.03. The Balaban J connectivity index is 1.45. The molecule has 8 heteroatoms. The second-order valence-electron chi connectivity index (χ2n) is 8.18. The molecule has 2 aromatic carbocycles. The van der Waals surface area contributed by atoms with Crippen molar-refractivity contribution in [2.24, 2.45) is 5.73 Å². The van der Waals surface area contributed by atoms with Crippen molar-refractivity contribution in [3.05, 3.63) is 66.0 Å². The van der Waals surface area contributed by atoms with Crippen molar-refractivity contribution in [1.29, 1.82) is 0 Å². The average molecular weight is 448 g/mol. The second-order valence-corrected chi connectivity index (χ2v) is 8.18. The summed E-state index contributed by atoms with van der Waals surface area (Å²) in [6, 6.07) is 12.3. The first-order valence-corrected chi connectivity index (χ1v) is 11.0. The highest BCUT2D eigenvalue weighted by Crippen LogP contribution is 2.24. The number of carbonyl (C=O) groups excluding carboxylic acids is 2. The number of amides is 2. The lowest BCUT2D eigenvalue weighted by atomic mass is 10.0. The summed E-state index contributed by atoms with van der Waals surface area (Å²) in [5.41, 5.74) is 9.76. The first-order valence-electron chi connectivity index (χ1n) is 11.0. The van der Waals surface area contributed by atoms with E-state index in [1.165, 1.54) is 0 Å². The Morgan fingerprint density at radius 1 is 1.00 bits per heavy atom. The quantitative estimate of drug-likeness (QED) is 0.270. The summed E-state index contributed by atoms with van der Waals surface area (Å²) in [4.78, 5) is 31.8. The van der Waals surface area contributed by atoms with Crippen LogP contribution in [0.3, 0.4) is 0 Å². The number of nitrogens with one attached hydrogen (secondary N) is 4. The van der Waals surface area contributed by atoms with Crippen molar-refractivity contribution < 1.29 is 14.3 Å². The summed E-state index contributed by atoms with van der Waals surface area (Å²) in [6.07, 6.45) is 4.82. The number of fused-ring (bicyclic) bond motifs is 2. The molecule has 4 rings (SSSR count). The third-order valence-electron chi connectivity index (χ3n) is 5.81. The zero-order valence-electron chi connectivity index (χ0n) is 18.8. The van der Waals surface area contributed by atoms with E-state index < -0.39 is 12.1 Å². The number of aromatic amines is 2. The standard InChI is InChI=1S/C25H29N5O3/c1-15(26)24(31)30-23(11-17-14-29-21-6-4-3-5-19(17)21)25(32)27-10-9-16-13-28-22-8-7-18(33-2)12-20(16)22/h3-8,12-15,23,28-29H,9-11,26H2,1-2H3,(H,27,32)(H,30,31)/t15-,23-/m0/s1. The fourth-order valence-electron chi connectivity index (χ4n) is 3.97. The SMILES string of the molecule is COc1ccc2[nH]cc(CCNC(=O)[C@H](Cc3c[nH]c4ccccc34)NC(=O)[C@H](C)N)c2c1. The van der Waals surface area contributed by atoms with Gasteiger partial charge in [-0.3, -0.25) is 9.59 Å². The van der Waals surface area contributed by atoms with Gasteiger partial charge in [-0.05, 0) is 48.7 Å². The van der Waals surface area contributed by atoms with E-state index >= 15 is 0 Å². The lowest BCUT2D eigenvalue weighted by molar-refractivity contribution is -0.129. The van der Waals surface area contributed by atoms with E-state index in [0.29, 0.717) is 19.4 Å². The Labute approximate surface area is 191 Å². The highest BCUT2D eigenvalue weighted by atomic mass is 16.5. The summed E-state index contributed by atoms with van der Waals surface area (Å²) in [5.74, 6) is 0.176. The van der Waals surface area contributed by atoms with Crippen LogP contribution in [0.25, 0.3) is 21.8 Å². The Kier molecular flexibility index (Phi) is 6.65. The van der Waals surface area contributed by atoms with Gasteiger partial charge in [0.1, 0.15) is 11.8 Å². The molecule has 33 heavy (non-hydrogen) atoms. The molecule has 0 saturated heterocycles. The van der Waals surface area contributed by atoms with Gasteiger partial charge in [0.05, 0.1) is 13.2 Å². The number of hydrogen-bond donors (Lipinski definition) is 5. The van der Waals surface area contributed by atoms with E-state index in [1.807, 2.05) is 54.9 Å². The largest absolute Gasteiger partial charge is 0.497 e. The first-order chi connectivity index (χ1) is 16.0. The highest BCUT2D eigenvalue weighted by Gasteiger charge is 2.23. The molecule has 172 valence electrons. The number of ether oxygens (including phenoxy) is 1. The predicted molar refractivity (Wildman–Crippen MR) is 129 cm³/mol. The molecular formula is C25H29N5O3. The fourth-order valence-corrected chi connectivity index (χ4v) is 3.97. The molecule has 4 aromatic rings. The van der Waals surface area contributed by atoms with Gasteiger partial charge < -0.3 is 31.1 Å². The molecule has 0 saturated carbocycles. The minimum atomic E-state index is -0.731. The Morgan fingerprint density at radius 2 is 1.73 bits per heavy atom. The molecule has 2 heterocycles. The van der Waals surface area contributed by atoms with Gasteiger partial charge in [-0.15, -0.1) is 0 Å². The molecule has 0 aliphatic heterocycles. The summed E-state index contributed by atoms with van der Waals surface area (Å²) >= 11 is 0. The molecule has 2 aromatic heterocycles. The van der Waals surface area contributed by atoms with Crippen molar-refractivity contribution in [2.45, 2.75) is 31.8 Å². The molecule has 0 fully saturated rings. The Bertz CT molecular complexity index is 1270. The number of nitrogens with two attached hydrogens (primary N) is 1. The third kappa shape index (κ3) is 5.01. The number of carbonyl (C=O) groups is 2. The molecule has 0 bridgehead atoms. The van der Waals surface area contributed by atoms with Gasteiger partial charge in [0, 0.05) is 47.2 Å². The molecule has 0 aliphatic carbocycles. The van der Waals surface area contributed by atoms with Gasteiger partial charge in [-0.1, -0.05) is 18.2 Å². The molecule has 6 N–H and O–H groups in total. The maximum absolute atomic E-state index is 13.1. The minimum Gasteiger partial charge on any atom is -0.497 e. The number of benzene rings is 2. The number of methoxy groups -OCH3 is 1. The summed E-state index contributed by atoms with van der Waals surface area (Å²) < 4.78 is 5.32. The van der Waals surface area contributed by atoms with Crippen molar-refractivity contribution >= 4 is 33.6 Å². The first kappa shape index (κ1) is 22.4. The van der Waals surface area contributed by atoms with Gasteiger partial charge in [0.2, 0.25) is 11.8 Å². The fraction of sp³-hybridized carbons (Fsp3) is 0.280. The molecule has 2 atom stereocenters. The predicted octanol–water partition coefficient (Wildman–Crippen LogP) is 2.39. The van der Waals surface area contributed by atoms with Crippen LogP contribution in [0.15, 0.2) is 54.9 Å². The van der Waals surface area contributed by atoms with E-state index in [4.69, 9.17) is 10.5 Å². The zero-order chi connectivity index (χ0) is 23.4. The number of hydrogen-bond acceptors (Lipinski definition) is 4. The topological polar surface area (TPSA) is 125 Å². The van der Waals surface area contributed by atoms with Gasteiger partial charge in [-0.2, -0.15) is 0 Å². The van der Waals surface area contributed by atoms with Crippen LogP contribution < -0.4 is 21.1 Å². The van der Waals surface area contributed by atoms with Crippen LogP contribution in [0.4, 0.5) is 0 Å². The Hall–Kier alpha value is -3.78. The van der Waals surface area contributed by atoms with Crippen molar-refractivity contribution in [1.82, 2.24) is 20.6 Å². The maximum Gasteiger partial charge on any atom is 0.242 e. The van der Waals surface area contributed by atoms with Crippen LogP contribution in [-0.2, 0) is 22.4 Å². The van der Waals surface area contributed by atoms with Crippen LogP contribution in [-0.4, -0.2) is 47.5 Å². The summed E-state index contributed by atoms with van der Waals surface area (Å²) in [5, 5.41) is 7.85. The van der Waals surface area contributed by atoms with Crippen LogP contribution >= 0.6 is 0 Å². The maximum atomic E-state index is 13.1. The molecule has 2 amide bonds. The van der Waals surface area contributed by atoms with E-state index in [9.17, 15) is 9.59 Å². The number of para-hydroxylation sites is 1. The van der Waals surface area contributed by atoms with Crippen molar-refractivity contribution in [3.8, 4) is 5.75 Å². The smallest absolute Gasteiger partial charge is 0.242 e. The lowest BCUT2D eigenvalue weighted by Crippen LogP contribution is -2.52. The molecule has 0 spiro atoms. The highest BCUT2D eigenvalue weighted by molar-refractivity contribution is 5.91. The van der Waals surface area contributed by atoms with Crippen LogP contribution in [0, 0.1) is 0 Å². The van der Waals surface area contributed by atoms with Crippen LogP contribution in [0.2, 0.25) is 0 Å². The van der Waals surface area contributed by atoms with E-state index in [1.54, 1.807) is 14.0 Å². The van der Waals surface area contributed by atoms with Crippen molar-refractivity contribution in [3.63, 3.8) is 0 Å². The van der Waals surface area contributed by atoms with Gasteiger partial charge in [0.25, 0.3) is 0 Å². The number of aromatic nitrogens is 2. The molecular weight excluding hydrogens is 418 g/mol. The average Bonchev–Trinajstić information content (AvgIpc) is 3.42. The summed E-state index contributed by atoms with van der Waals surface area (Å²) in [7, 11) is 1.64. The van der Waals surface area contributed by atoms with Gasteiger partial charge >= 0.3 is 0 Å². The second kappa shape index (κ2) is 9.79. The van der Waals surface area contributed by atoms with E-state index in [0.717, 1.165) is 38.7 Å². The van der Waals surface area contributed by atoms with Gasteiger partial charge in [0.15, 0.2) is 0 Å². The molecule has 0 unspecified atom stereocenters. The number of H-pyrrole nitrogens is 2. The lowest BCUT2D eigenvalue weighted by Gasteiger charge is -2.19. The van der Waals surface area contributed by atoms with Crippen molar-refractivity contribution in [2.75, 3.05) is 13.7 Å². The molecule has 0 aliphatic rings. The Morgan fingerprint density at radius 3 is 2.48 bits per heavy atom. The van der Waals surface area contributed by atoms with Crippen LogP contribution in [0.5, 0.6) is 5.75 Å². The van der Waals surface area contributed by atoms with Crippen LogP contribution in [0.1, 0.15) is 18.1 Å². The zero-order valence-corrected chi connectivity index (χ0v) is 18.8. The molecule has 0 radical (unpaired) electrons. The van der Waals surface area contributed by atoms with E-state index in [-0.39, 0.29) is 11.8 Å². The molecule has 8 nitrogen and oxygen atoms in total. The third-order valence-corrected chi connectivity index (χ3v) is 5.81. The minimum absolute atomic E-state index is 0.244.